The predicted octanol–water partition coefficient (Wildman–Crippen LogP) is 3.94. The minimum Gasteiger partial charge on any atom is -0.379 e. The van der Waals surface area contributed by atoms with Crippen molar-refractivity contribution < 1.29 is 9.13 Å². The maximum Gasteiger partial charge on any atom is 0.128 e. The van der Waals surface area contributed by atoms with Crippen LogP contribution in [-0.2, 0) is 4.74 Å². The number of rotatable bonds is 6. The first kappa shape index (κ1) is 15.4. The smallest absolute Gasteiger partial charge is 0.128 e. The average molecular weight is 274 g/mol. The Kier molecular flexibility index (Phi) is 5.57. The second kappa shape index (κ2) is 6.50. The molecule has 1 aromatic carbocycles. The Labute approximate surface area is 113 Å². The Balaban J connectivity index is 2.80. The molecule has 1 aromatic rings. The first-order chi connectivity index (χ1) is 8.39. The summed E-state index contributed by atoms with van der Waals surface area (Å²) in [5.74, 6) is -0.228. The SMILES string of the molecule is CNC(CCC(C)(C)OC)c1cc(Cl)ccc1F. The van der Waals surface area contributed by atoms with Crippen molar-refractivity contribution in [3.8, 4) is 0 Å². The normalized spacial score (nSPS) is 13.7. The number of halogens is 2. The molecule has 1 rings (SSSR count). The molecular formula is C14H21ClFNO. The van der Waals surface area contributed by atoms with E-state index in [0.717, 1.165) is 12.8 Å². The van der Waals surface area contributed by atoms with Gasteiger partial charge in [0.25, 0.3) is 0 Å². The molecule has 0 radical (unpaired) electrons. The molecule has 1 N–H and O–H groups in total. The summed E-state index contributed by atoms with van der Waals surface area (Å²) < 4.78 is 19.2. The quantitative estimate of drug-likeness (QED) is 0.847. The zero-order valence-corrected chi connectivity index (χ0v) is 12.1. The van der Waals surface area contributed by atoms with Gasteiger partial charge in [0.15, 0.2) is 0 Å². The van der Waals surface area contributed by atoms with Crippen LogP contribution in [0.2, 0.25) is 5.02 Å². The van der Waals surface area contributed by atoms with Gasteiger partial charge in [0.1, 0.15) is 5.82 Å². The summed E-state index contributed by atoms with van der Waals surface area (Å²) in [6.07, 6.45) is 1.62. The van der Waals surface area contributed by atoms with Gasteiger partial charge in [-0.2, -0.15) is 0 Å². The van der Waals surface area contributed by atoms with E-state index in [-0.39, 0.29) is 17.5 Å². The molecular weight excluding hydrogens is 253 g/mol. The van der Waals surface area contributed by atoms with E-state index in [2.05, 4.69) is 5.32 Å². The number of methoxy groups -OCH3 is 1. The molecule has 0 aromatic heterocycles. The molecule has 102 valence electrons. The van der Waals surface area contributed by atoms with Crippen LogP contribution in [0.1, 0.15) is 38.3 Å². The highest BCUT2D eigenvalue weighted by atomic mass is 35.5. The van der Waals surface area contributed by atoms with Crippen molar-refractivity contribution in [2.45, 2.75) is 38.3 Å². The van der Waals surface area contributed by atoms with Gasteiger partial charge < -0.3 is 10.1 Å². The molecule has 0 aliphatic carbocycles. The molecule has 0 aliphatic rings. The second-order valence-electron chi connectivity index (χ2n) is 5.01. The van der Waals surface area contributed by atoms with Gasteiger partial charge in [-0.25, -0.2) is 4.39 Å². The van der Waals surface area contributed by atoms with Crippen molar-refractivity contribution in [3.63, 3.8) is 0 Å². The number of ether oxygens (including phenoxy) is 1. The number of benzene rings is 1. The van der Waals surface area contributed by atoms with Crippen LogP contribution in [0, 0.1) is 5.82 Å². The largest absolute Gasteiger partial charge is 0.379 e. The van der Waals surface area contributed by atoms with E-state index < -0.39 is 0 Å². The molecule has 0 aliphatic heterocycles. The minimum absolute atomic E-state index is 0.0573. The highest BCUT2D eigenvalue weighted by Crippen LogP contribution is 2.27. The van der Waals surface area contributed by atoms with E-state index >= 15 is 0 Å². The number of nitrogens with one attached hydrogen (secondary N) is 1. The van der Waals surface area contributed by atoms with Gasteiger partial charge in [-0.3, -0.25) is 0 Å². The van der Waals surface area contributed by atoms with Gasteiger partial charge in [0, 0.05) is 23.7 Å². The lowest BCUT2D eigenvalue weighted by Gasteiger charge is -2.26. The van der Waals surface area contributed by atoms with Gasteiger partial charge in [-0.05, 0) is 51.9 Å². The van der Waals surface area contributed by atoms with Crippen molar-refractivity contribution in [2.75, 3.05) is 14.2 Å². The second-order valence-corrected chi connectivity index (χ2v) is 5.45. The van der Waals surface area contributed by atoms with Crippen LogP contribution < -0.4 is 5.32 Å². The summed E-state index contributed by atoms with van der Waals surface area (Å²) in [5.41, 5.74) is 0.404. The van der Waals surface area contributed by atoms with Crippen LogP contribution in [0.3, 0.4) is 0 Å². The third-order valence-electron chi connectivity index (χ3n) is 3.27. The van der Waals surface area contributed by atoms with Gasteiger partial charge in [0.05, 0.1) is 5.60 Å². The lowest BCUT2D eigenvalue weighted by Crippen LogP contribution is -2.26. The Morgan fingerprint density at radius 3 is 2.67 bits per heavy atom. The molecule has 0 amide bonds. The highest BCUT2D eigenvalue weighted by Gasteiger charge is 2.21. The molecule has 0 fully saturated rings. The zero-order valence-electron chi connectivity index (χ0n) is 11.4. The van der Waals surface area contributed by atoms with Crippen molar-refractivity contribution in [3.05, 3.63) is 34.6 Å². The molecule has 0 spiro atoms. The lowest BCUT2D eigenvalue weighted by molar-refractivity contribution is 0.0117. The first-order valence-electron chi connectivity index (χ1n) is 6.07. The monoisotopic (exact) mass is 273 g/mol. The molecule has 0 saturated carbocycles. The zero-order chi connectivity index (χ0) is 13.8. The number of hydrogen-bond acceptors (Lipinski definition) is 2. The fraction of sp³-hybridized carbons (Fsp3) is 0.571. The van der Waals surface area contributed by atoms with E-state index in [1.807, 2.05) is 20.9 Å². The fourth-order valence-electron chi connectivity index (χ4n) is 1.83. The van der Waals surface area contributed by atoms with Crippen molar-refractivity contribution in [1.29, 1.82) is 0 Å². The van der Waals surface area contributed by atoms with Gasteiger partial charge in [-0.15, -0.1) is 0 Å². The van der Waals surface area contributed by atoms with Crippen LogP contribution in [0.25, 0.3) is 0 Å². The van der Waals surface area contributed by atoms with Crippen LogP contribution in [0.4, 0.5) is 4.39 Å². The van der Waals surface area contributed by atoms with Crippen LogP contribution in [0.15, 0.2) is 18.2 Å². The Morgan fingerprint density at radius 1 is 1.44 bits per heavy atom. The van der Waals surface area contributed by atoms with Gasteiger partial charge >= 0.3 is 0 Å². The number of hydrogen-bond donors (Lipinski definition) is 1. The van der Waals surface area contributed by atoms with Crippen LogP contribution in [-0.4, -0.2) is 19.8 Å². The van der Waals surface area contributed by atoms with E-state index in [1.54, 1.807) is 19.2 Å². The summed E-state index contributed by atoms with van der Waals surface area (Å²) in [6.45, 7) is 4.04. The summed E-state index contributed by atoms with van der Waals surface area (Å²) in [4.78, 5) is 0. The summed E-state index contributed by atoms with van der Waals surface area (Å²) >= 11 is 5.92. The van der Waals surface area contributed by atoms with E-state index in [0.29, 0.717) is 10.6 Å². The van der Waals surface area contributed by atoms with E-state index in [9.17, 15) is 4.39 Å². The minimum atomic E-state index is -0.228. The molecule has 18 heavy (non-hydrogen) atoms. The Bertz CT molecular complexity index is 395. The predicted molar refractivity (Wildman–Crippen MR) is 73.5 cm³/mol. The fourth-order valence-corrected chi connectivity index (χ4v) is 2.01. The molecule has 2 nitrogen and oxygen atoms in total. The Morgan fingerprint density at radius 2 is 2.11 bits per heavy atom. The molecule has 1 atom stereocenters. The Hall–Kier alpha value is -0.640. The maximum absolute atomic E-state index is 13.8. The van der Waals surface area contributed by atoms with Crippen LogP contribution in [0.5, 0.6) is 0 Å². The third kappa shape index (κ3) is 4.23. The highest BCUT2D eigenvalue weighted by molar-refractivity contribution is 6.30. The standard InChI is InChI=1S/C14H21ClFNO/c1-14(2,18-4)8-7-13(17-3)11-9-10(15)5-6-12(11)16/h5-6,9,13,17H,7-8H2,1-4H3. The summed E-state index contributed by atoms with van der Waals surface area (Å²) in [7, 11) is 3.51. The van der Waals surface area contributed by atoms with Gasteiger partial charge in [-0.1, -0.05) is 11.6 Å². The molecule has 4 heteroatoms. The maximum atomic E-state index is 13.8. The van der Waals surface area contributed by atoms with Crippen LogP contribution >= 0.6 is 11.6 Å². The van der Waals surface area contributed by atoms with Crippen molar-refractivity contribution >= 4 is 11.6 Å². The van der Waals surface area contributed by atoms with E-state index in [4.69, 9.17) is 16.3 Å². The molecule has 0 saturated heterocycles. The van der Waals surface area contributed by atoms with Crippen molar-refractivity contribution in [2.24, 2.45) is 0 Å². The summed E-state index contributed by atoms with van der Waals surface area (Å²) in [6, 6.07) is 4.59. The first-order valence-corrected chi connectivity index (χ1v) is 6.45. The molecule has 0 bridgehead atoms. The summed E-state index contributed by atoms with van der Waals surface area (Å²) in [5, 5.41) is 3.68. The third-order valence-corrected chi connectivity index (χ3v) is 3.50. The van der Waals surface area contributed by atoms with Crippen molar-refractivity contribution in [1.82, 2.24) is 5.32 Å². The molecule has 0 heterocycles. The van der Waals surface area contributed by atoms with Gasteiger partial charge in [0.2, 0.25) is 0 Å². The average Bonchev–Trinajstić information content (AvgIpc) is 2.34. The topological polar surface area (TPSA) is 21.3 Å². The van der Waals surface area contributed by atoms with E-state index in [1.165, 1.54) is 6.07 Å². The lowest BCUT2D eigenvalue weighted by atomic mass is 9.94. The molecule has 1 unspecified atom stereocenters.